The third kappa shape index (κ3) is 14.9. The van der Waals surface area contributed by atoms with Crippen molar-refractivity contribution in [2.24, 2.45) is 94.7 Å². The third-order valence-corrected chi connectivity index (χ3v) is 21.6. The van der Waals surface area contributed by atoms with Crippen LogP contribution in [0.15, 0.2) is 67.8 Å². The summed E-state index contributed by atoms with van der Waals surface area (Å²) < 4.78 is 31.9. The van der Waals surface area contributed by atoms with Gasteiger partial charge in [-0.2, -0.15) is 5.70 Å². The van der Waals surface area contributed by atoms with Gasteiger partial charge in [0.05, 0.1) is 41.3 Å². The number of hydrogen-bond acceptors (Lipinski definition) is 19. The van der Waals surface area contributed by atoms with Crippen LogP contribution in [0.5, 0.6) is 0 Å². The van der Waals surface area contributed by atoms with Crippen molar-refractivity contribution in [1.82, 2.24) is 14.9 Å². The molecule has 6 aliphatic heterocycles. The fourth-order valence-corrected chi connectivity index (χ4v) is 16.4. The van der Waals surface area contributed by atoms with E-state index in [1.54, 1.807) is 6.92 Å². The number of imidazole rings is 1. The molecule has 2 unspecified atom stereocenters. The van der Waals surface area contributed by atoms with Crippen molar-refractivity contribution in [3.8, 4) is 0 Å². The molecule has 1 aromatic heterocycles. The second-order valence-electron chi connectivity index (χ2n) is 27.0. The maximum atomic E-state index is 14.4. The van der Waals surface area contributed by atoms with Crippen molar-refractivity contribution in [3.05, 3.63) is 69.2 Å². The minimum Gasteiger partial charge on any atom is -0.870 e. The number of primary amides is 6. The van der Waals surface area contributed by atoms with Crippen LogP contribution in [0, 0.1) is 59.2 Å². The Morgan fingerprint density at radius 1 is 0.796 bits per heavy atom. The number of aliphatic hydroxyl groups is 2. The minimum atomic E-state index is -5.32. The van der Waals surface area contributed by atoms with Crippen molar-refractivity contribution >= 4 is 89.7 Å². The quantitative estimate of drug-likeness (QED) is 0.0608. The molecule has 2 fully saturated rings. The number of aliphatic hydroxyl groups excluding tert-OH is 2. The average molecular weight is 1380 g/mol. The van der Waals surface area contributed by atoms with Crippen LogP contribution in [0.2, 0.25) is 0 Å². The zero-order valence-electron chi connectivity index (χ0n) is 54.4. The molecule has 8 rings (SSSR count). The Labute approximate surface area is 557 Å². The SMILES string of the molecule is C/C1=C2/[N-]C([C@H](CC(N)=O)[C@@]2(C)CCC(=O)NC[C@H](C)OP(=O)([O-])O[C@H]2[C@@H](O)[C@@H](n3cnc4cc(C)c(C)cc43)O[C@@H]2CO)[C@]2(C)N=C(/C(C)=C3N=C(/C=C4N=C1[C@@H](CCC(N)=O)C\4(C)C)[C@@H](CCC(N)=O)[C@]\3(C)CC(N)=O)[C@@H](CCC(N)=O)[C@]2(C)CC(N)=O.Cl.[Co+3].[OH-]. The molecule has 0 spiro atoms. The third-order valence-electron chi connectivity index (χ3n) is 20.5. The zero-order valence-corrected chi connectivity index (χ0v) is 57.1. The molecule has 0 radical (unpaired) electrons. The molecule has 16 N–H and O–H groups in total. The van der Waals surface area contributed by atoms with E-state index >= 15 is 0 Å². The molecule has 0 saturated carbocycles. The topological polar surface area (TPSA) is 495 Å². The van der Waals surface area contributed by atoms with Crippen molar-refractivity contribution < 1.29 is 89.3 Å². The summed E-state index contributed by atoms with van der Waals surface area (Å²) in [7, 11) is -5.32. The van der Waals surface area contributed by atoms with Gasteiger partial charge in [-0.3, -0.25) is 53.1 Å². The first kappa shape index (κ1) is 77.5. The largest absolute Gasteiger partial charge is 3.00 e. The summed E-state index contributed by atoms with van der Waals surface area (Å²) in [6.45, 7) is 19.0. The van der Waals surface area contributed by atoms with Crippen molar-refractivity contribution in [2.45, 2.75) is 189 Å². The predicted molar refractivity (Wildman–Crippen MR) is 341 cm³/mol. The first-order valence-corrected chi connectivity index (χ1v) is 32.0. The van der Waals surface area contributed by atoms with Crippen LogP contribution in [0.1, 0.15) is 150 Å². The van der Waals surface area contributed by atoms with E-state index in [4.69, 9.17) is 68.5 Å². The number of amides is 7. The Balaban J connectivity index is 0.00000523. The number of nitrogens with one attached hydrogen (secondary N) is 1. The molecule has 8 bridgehead atoms. The summed E-state index contributed by atoms with van der Waals surface area (Å²) in [5.74, 6) is -7.40. The van der Waals surface area contributed by atoms with Crippen LogP contribution in [0.25, 0.3) is 16.4 Å². The molecule has 514 valence electrons. The van der Waals surface area contributed by atoms with Gasteiger partial charge in [0.15, 0.2) is 6.23 Å². The van der Waals surface area contributed by atoms with Gasteiger partial charge >= 0.3 is 16.8 Å². The summed E-state index contributed by atoms with van der Waals surface area (Å²) in [4.78, 5) is 128. The molecule has 28 nitrogen and oxygen atoms in total. The van der Waals surface area contributed by atoms with E-state index in [-0.39, 0.29) is 112 Å². The number of phosphoric acid groups is 1. The Hall–Kier alpha value is -6.24. The van der Waals surface area contributed by atoms with E-state index in [0.717, 1.165) is 11.1 Å². The van der Waals surface area contributed by atoms with Gasteiger partial charge in [0.25, 0.3) is 7.82 Å². The zero-order chi connectivity index (χ0) is 66.7. The number of nitrogens with zero attached hydrogens (tertiary/aromatic N) is 6. The second kappa shape index (κ2) is 29.0. The number of aryl methyl sites for hydroxylation is 2. The van der Waals surface area contributed by atoms with Crippen LogP contribution in [0.4, 0.5) is 0 Å². The van der Waals surface area contributed by atoms with E-state index in [1.165, 1.54) is 17.8 Å². The number of halogens is 1. The van der Waals surface area contributed by atoms with Crippen molar-refractivity contribution in [1.29, 1.82) is 0 Å². The number of phosphoric ester groups is 1. The van der Waals surface area contributed by atoms with E-state index in [1.807, 2.05) is 80.5 Å². The molecule has 0 aliphatic carbocycles. The minimum absolute atomic E-state index is 0. The number of allylic oxidation sites excluding steroid dienone is 6. The monoisotopic (exact) mass is 1380 g/mol. The predicted octanol–water partition coefficient (Wildman–Crippen LogP) is 3.56. The molecule has 31 heteroatoms. The number of carbonyl (C=O) groups excluding carboxylic acids is 7. The fourth-order valence-electron chi connectivity index (χ4n) is 15.3. The van der Waals surface area contributed by atoms with Crippen LogP contribution in [-0.4, -0.2) is 133 Å². The maximum absolute atomic E-state index is 14.4. The summed E-state index contributed by atoms with van der Waals surface area (Å²) in [6.07, 6.45) is -4.79. The van der Waals surface area contributed by atoms with Crippen LogP contribution in [-0.2, 0) is 68.7 Å². The van der Waals surface area contributed by atoms with E-state index < -0.39 is 143 Å². The number of ether oxygens (including phenoxy) is 1. The van der Waals surface area contributed by atoms with E-state index in [2.05, 4.69) is 10.3 Å². The van der Waals surface area contributed by atoms with Gasteiger partial charge in [-0.05, 0) is 119 Å². The molecule has 2 saturated heterocycles. The van der Waals surface area contributed by atoms with E-state index in [0.29, 0.717) is 56.4 Å². The molecule has 6 aliphatic rings. The molecule has 15 atom stereocenters. The van der Waals surface area contributed by atoms with Gasteiger partial charge in [0, 0.05) is 108 Å². The average Bonchev–Trinajstić information content (AvgIpc) is 1.53. The molecule has 1 aromatic carbocycles. The standard InChI is InChI=1S/C62H90N13O14P.ClH.Co.H2O/c1-29-20-39-40(21-30(29)2)75(28-70-39)57-52(84)53(41(27-76)87-57)89-90(85,86)88-31(3)26-69-49(83)18-19-59(8)37(22-46(66)80)56-62(11)61(10,25-48(68)82)36(14-17-45(65)79)51(74-62)33(5)55-60(9,24-47(67)81)34(12-15-43(63)77)38(71-55)23-42-58(6,7)35(13-16-44(64)78)50(72-42)32(4)54(59)73-56;;;/h20-21,23,28,31,34-37,41,52-53,56-57,76,84H,12-19,22,24-27H2,1-11H3,(H15,63,64,65,66,67,68,69,71,72,73,74,77,78,79,80,81,82,83,85,86);1H;;1H2/q;;+3;/p-3/t31-,34+,35+,36+,37-,41+,52+,53+,56?,57-,59+,60-,61-,62-;;;/m0.../s1. The molecule has 93 heavy (non-hydrogen) atoms. The summed E-state index contributed by atoms with van der Waals surface area (Å²) in [5.41, 5.74) is 36.7. The van der Waals surface area contributed by atoms with Crippen molar-refractivity contribution in [2.75, 3.05) is 13.2 Å². The van der Waals surface area contributed by atoms with Crippen LogP contribution < -0.4 is 44.6 Å². The number of nitrogens with two attached hydrogens (primary N) is 6. The van der Waals surface area contributed by atoms with Crippen molar-refractivity contribution in [3.63, 3.8) is 0 Å². The second-order valence-corrected chi connectivity index (χ2v) is 28.3. The van der Waals surface area contributed by atoms with Gasteiger partial charge in [0.1, 0.15) is 18.3 Å². The number of aliphatic imine (C=N–C) groups is 3. The Bertz CT molecular complexity index is 3550. The summed E-state index contributed by atoms with van der Waals surface area (Å²) in [6, 6.07) is 2.65. The summed E-state index contributed by atoms with van der Waals surface area (Å²) in [5, 5.41) is 30.1. The Morgan fingerprint density at radius 3 is 1.95 bits per heavy atom. The first-order chi connectivity index (χ1) is 41.8. The van der Waals surface area contributed by atoms with E-state index in [9.17, 15) is 53.2 Å². The number of hydrogen-bond donors (Lipinski definition) is 9. The normalized spacial score (nSPS) is 33.1. The summed E-state index contributed by atoms with van der Waals surface area (Å²) >= 11 is 0. The van der Waals surface area contributed by atoms with Gasteiger partial charge in [-0.15, -0.1) is 12.4 Å². The molecule has 7 heterocycles. The van der Waals surface area contributed by atoms with Crippen LogP contribution in [0.3, 0.4) is 0 Å². The van der Waals surface area contributed by atoms with Gasteiger partial charge < -0.3 is 84.0 Å². The number of rotatable bonds is 26. The Kier molecular flexibility index (Phi) is 24.2. The number of carbonyl (C=O) groups is 7. The van der Waals surface area contributed by atoms with Gasteiger partial charge in [-0.25, -0.2) is 4.98 Å². The maximum Gasteiger partial charge on any atom is 3.00 e. The number of fused-ring (bicyclic) bond motifs is 7. The Morgan fingerprint density at radius 2 is 1.38 bits per heavy atom. The first-order valence-electron chi connectivity index (χ1n) is 30.5. The molecule has 2 aromatic rings. The van der Waals surface area contributed by atoms with Gasteiger partial charge in [0.2, 0.25) is 41.4 Å². The van der Waals surface area contributed by atoms with Gasteiger partial charge in [-0.1, -0.05) is 40.7 Å². The van der Waals surface area contributed by atoms with Crippen LogP contribution >= 0.6 is 20.2 Å². The smallest absolute Gasteiger partial charge is 0.870 e. The number of benzene rings is 1. The number of aromatic nitrogens is 2. The molecular weight excluding hydrogens is 1290 g/mol. The fraction of sp³-hybridized carbons (Fsp3) is 0.629. The molecular formula is C62H90ClCoN13O15P. The molecule has 7 amide bonds.